The van der Waals surface area contributed by atoms with E-state index in [-0.39, 0.29) is 0 Å². The third-order valence-electron chi connectivity index (χ3n) is 8.17. The van der Waals surface area contributed by atoms with Gasteiger partial charge in [-0.15, -0.1) is 0 Å². The van der Waals surface area contributed by atoms with Crippen LogP contribution < -0.4 is 0 Å². The van der Waals surface area contributed by atoms with Gasteiger partial charge < -0.3 is 0 Å². The SMILES string of the molecule is CC[Si](CC)(CC)C([Si](CC)(CC)CC)[Si](CC)(CC)CC. The molecule has 0 amide bonds. The minimum Gasteiger partial charge on any atom is -0.0678 e. The number of rotatable bonds is 12. The molecule has 0 aromatic carbocycles. The molecule has 3 heteroatoms. The minimum absolute atomic E-state index is 1.12. The summed E-state index contributed by atoms with van der Waals surface area (Å²) in [6.07, 6.45) is 0. The maximum Gasteiger partial charge on any atom is 0.0506 e. The summed E-state index contributed by atoms with van der Waals surface area (Å²) in [5.74, 6) is 0. The normalized spacial score (nSPS) is 13.9. The van der Waals surface area contributed by atoms with E-state index >= 15 is 0 Å². The quantitative estimate of drug-likeness (QED) is 0.310. The number of hydrogen-bond acceptors (Lipinski definition) is 0. The van der Waals surface area contributed by atoms with Crippen LogP contribution in [0.25, 0.3) is 0 Å². The lowest BCUT2D eigenvalue weighted by atomic mass is 10.9. The molecule has 0 radical (unpaired) electrons. The van der Waals surface area contributed by atoms with Crippen molar-refractivity contribution >= 4 is 24.2 Å². The highest BCUT2D eigenvalue weighted by Crippen LogP contribution is 2.53. The molecule has 0 atom stereocenters. The lowest BCUT2D eigenvalue weighted by molar-refractivity contribution is 1.01. The third kappa shape index (κ3) is 3.83. The molecule has 0 saturated heterocycles. The Hall–Kier alpha value is 0.651. The highest BCUT2D eigenvalue weighted by Gasteiger charge is 2.56. The van der Waals surface area contributed by atoms with Crippen LogP contribution in [0, 0.1) is 0 Å². The molecule has 0 unspecified atom stereocenters. The van der Waals surface area contributed by atoms with E-state index in [4.69, 9.17) is 0 Å². The van der Waals surface area contributed by atoms with Crippen molar-refractivity contribution in [2.24, 2.45) is 0 Å². The van der Waals surface area contributed by atoms with Crippen LogP contribution in [0.2, 0.25) is 59.2 Å². The summed E-state index contributed by atoms with van der Waals surface area (Å²) in [4.78, 5) is 1.27. The van der Waals surface area contributed by atoms with Crippen LogP contribution in [0.4, 0.5) is 0 Å². The molecule has 134 valence electrons. The van der Waals surface area contributed by atoms with E-state index in [9.17, 15) is 0 Å². The van der Waals surface area contributed by atoms with Crippen LogP contribution in [0.5, 0.6) is 0 Å². The topological polar surface area (TPSA) is 0 Å². The van der Waals surface area contributed by atoms with Crippen molar-refractivity contribution in [2.75, 3.05) is 0 Å². The molecule has 0 rings (SSSR count). The van der Waals surface area contributed by atoms with Crippen LogP contribution in [-0.4, -0.2) is 24.2 Å². The van der Waals surface area contributed by atoms with E-state index < -0.39 is 24.2 Å². The summed E-state index contributed by atoms with van der Waals surface area (Å²) >= 11 is 0. The largest absolute Gasteiger partial charge is 0.0678 e. The molecule has 0 fully saturated rings. The van der Waals surface area contributed by atoms with E-state index in [1.807, 2.05) is 0 Å². The van der Waals surface area contributed by atoms with Gasteiger partial charge in [0.1, 0.15) is 0 Å². The van der Waals surface area contributed by atoms with E-state index in [0.717, 1.165) is 0 Å². The van der Waals surface area contributed by atoms with Crippen molar-refractivity contribution in [3.05, 3.63) is 0 Å². The van der Waals surface area contributed by atoms with Crippen molar-refractivity contribution in [3.8, 4) is 0 Å². The molecule has 0 bridgehead atoms. The van der Waals surface area contributed by atoms with Gasteiger partial charge in [0.15, 0.2) is 0 Å². The first kappa shape index (κ1) is 22.7. The molecule has 22 heavy (non-hydrogen) atoms. The van der Waals surface area contributed by atoms with Crippen molar-refractivity contribution in [3.63, 3.8) is 0 Å². The van der Waals surface area contributed by atoms with E-state index in [0.29, 0.717) is 0 Å². The van der Waals surface area contributed by atoms with Crippen LogP contribution in [0.1, 0.15) is 62.3 Å². The first-order valence-electron chi connectivity index (χ1n) is 10.4. The molecule has 0 spiro atoms. The molecule has 0 nitrogen and oxygen atoms in total. The summed E-state index contributed by atoms with van der Waals surface area (Å²) in [7, 11) is -3.36. The Bertz CT molecular complexity index is 217. The van der Waals surface area contributed by atoms with Gasteiger partial charge in [0.2, 0.25) is 0 Å². The lowest BCUT2D eigenvalue weighted by Gasteiger charge is -2.57. The Morgan fingerprint density at radius 2 is 0.500 bits per heavy atom. The summed E-state index contributed by atoms with van der Waals surface area (Å²) in [5.41, 5.74) is 0. The maximum absolute atomic E-state index is 2.56. The molecule has 0 heterocycles. The van der Waals surface area contributed by atoms with Crippen molar-refractivity contribution in [2.45, 2.75) is 121 Å². The Balaban J connectivity index is 6.42. The maximum atomic E-state index is 2.56. The van der Waals surface area contributed by atoms with Gasteiger partial charge in [-0.3, -0.25) is 0 Å². The molecule has 0 N–H and O–H groups in total. The Kier molecular flexibility index (Phi) is 10.1. The molecule has 0 aliphatic rings. The molecular formula is C19H46Si3. The molecule has 0 aliphatic heterocycles. The summed E-state index contributed by atoms with van der Waals surface area (Å²) in [5, 5.41) is 0. The van der Waals surface area contributed by atoms with Gasteiger partial charge >= 0.3 is 0 Å². The fourth-order valence-corrected chi connectivity index (χ4v) is 40.8. The number of hydrogen-bond donors (Lipinski definition) is 0. The first-order valence-corrected chi connectivity index (χ1v) is 18.5. The van der Waals surface area contributed by atoms with Gasteiger partial charge in [-0.25, -0.2) is 0 Å². The smallest absolute Gasteiger partial charge is 0.0506 e. The standard InChI is InChI=1S/C19H46Si3/c1-10-20(11-2,12-3)19(21(13-4,14-5)15-6)22(16-7,17-8)18-9/h19H,10-18H2,1-9H3. The molecule has 0 saturated carbocycles. The Morgan fingerprint density at radius 1 is 0.364 bits per heavy atom. The van der Waals surface area contributed by atoms with E-state index in [2.05, 4.69) is 62.3 Å². The highest BCUT2D eigenvalue weighted by atomic mass is 28.5. The molecule has 0 aromatic heterocycles. The highest BCUT2D eigenvalue weighted by molar-refractivity contribution is 7.14. The summed E-state index contributed by atoms with van der Waals surface area (Å²) in [6, 6.07) is 13.9. The summed E-state index contributed by atoms with van der Waals surface area (Å²) < 4.78 is 0. The Morgan fingerprint density at radius 3 is 0.591 bits per heavy atom. The van der Waals surface area contributed by atoms with E-state index in [1.165, 1.54) is 4.79 Å². The van der Waals surface area contributed by atoms with Gasteiger partial charge in [0.05, 0.1) is 24.2 Å². The fraction of sp³-hybridized carbons (Fsp3) is 1.00. The minimum atomic E-state index is -1.12. The molecular weight excluding hydrogens is 312 g/mol. The van der Waals surface area contributed by atoms with Gasteiger partial charge in [-0.05, 0) is 0 Å². The summed E-state index contributed by atoms with van der Waals surface area (Å²) in [6.45, 7) is 23.1. The van der Waals surface area contributed by atoms with Crippen LogP contribution in [-0.2, 0) is 0 Å². The van der Waals surface area contributed by atoms with Crippen LogP contribution in [0.3, 0.4) is 0 Å². The zero-order chi connectivity index (χ0) is 17.4. The second kappa shape index (κ2) is 9.83. The van der Waals surface area contributed by atoms with Crippen molar-refractivity contribution < 1.29 is 0 Å². The van der Waals surface area contributed by atoms with Gasteiger partial charge in [0, 0.05) is 0 Å². The second-order valence-electron chi connectivity index (χ2n) is 7.70. The van der Waals surface area contributed by atoms with Gasteiger partial charge in [-0.1, -0.05) is 121 Å². The third-order valence-corrected chi connectivity index (χ3v) is 35.5. The lowest BCUT2D eigenvalue weighted by Crippen LogP contribution is -2.64. The first-order chi connectivity index (χ1) is 10.4. The van der Waals surface area contributed by atoms with Crippen molar-refractivity contribution in [1.29, 1.82) is 0 Å². The average molecular weight is 359 g/mol. The van der Waals surface area contributed by atoms with Gasteiger partial charge in [0.25, 0.3) is 0 Å². The second-order valence-corrected chi connectivity index (χ2v) is 25.7. The predicted molar refractivity (Wildman–Crippen MR) is 115 cm³/mol. The average Bonchev–Trinajstić information content (AvgIpc) is 2.60. The van der Waals surface area contributed by atoms with E-state index in [1.54, 1.807) is 54.4 Å². The van der Waals surface area contributed by atoms with Gasteiger partial charge in [-0.2, -0.15) is 0 Å². The fourth-order valence-electron chi connectivity index (χ4n) is 6.04. The monoisotopic (exact) mass is 358 g/mol. The molecule has 0 aliphatic carbocycles. The zero-order valence-corrected chi connectivity index (χ0v) is 20.4. The van der Waals surface area contributed by atoms with Crippen LogP contribution >= 0.6 is 0 Å². The predicted octanol–water partition coefficient (Wildman–Crippen LogP) is 7.96. The molecule has 0 aromatic rings. The Labute approximate surface area is 145 Å². The zero-order valence-electron chi connectivity index (χ0n) is 17.4. The van der Waals surface area contributed by atoms with Crippen molar-refractivity contribution in [1.82, 2.24) is 0 Å². The van der Waals surface area contributed by atoms with Crippen LogP contribution in [0.15, 0.2) is 0 Å².